The second kappa shape index (κ2) is 9.54. The number of rotatable bonds is 6. The van der Waals surface area contributed by atoms with Crippen molar-refractivity contribution >= 4 is 11.6 Å². The molecule has 1 aromatic rings. The zero-order chi connectivity index (χ0) is 21.0. The van der Waals surface area contributed by atoms with E-state index in [1.807, 2.05) is 0 Å². The van der Waals surface area contributed by atoms with Gasteiger partial charge in [-0.25, -0.2) is 0 Å². The number of morpholine rings is 1. The Morgan fingerprint density at radius 2 is 1.77 bits per heavy atom. The average molecular weight is 417 g/mol. The van der Waals surface area contributed by atoms with Crippen LogP contribution < -0.4 is 15.4 Å². The molecule has 0 atom stereocenters. The fraction of sp³-hybridized carbons (Fsp3) is 0.696. The lowest BCUT2D eigenvalue weighted by atomic mass is 9.84. The normalized spacial score (nSPS) is 23.3. The van der Waals surface area contributed by atoms with Gasteiger partial charge in [0.15, 0.2) is 0 Å². The van der Waals surface area contributed by atoms with Crippen LogP contribution in [0, 0.1) is 0 Å². The lowest BCUT2D eigenvalue weighted by Crippen LogP contribution is -2.64. The Morgan fingerprint density at radius 1 is 1.07 bits per heavy atom. The van der Waals surface area contributed by atoms with Crippen molar-refractivity contribution in [2.75, 3.05) is 64.5 Å². The lowest BCUT2D eigenvalue weighted by molar-refractivity contribution is -0.138. The molecule has 0 spiro atoms. The van der Waals surface area contributed by atoms with Crippen LogP contribution in [0.2, 0.25) is 0 Å². The number of carbonyl (C=O) groups is 1. The van der Waals surface area contributed by atoms with Crippen molar-refractivity contribution in [3.05, 3.63) is 23.8 Å². The summed E-state index contributed by atoms with van der Waals surface area (Å²) in [6, 6.07) is 6.63. The highest BCUT2D eigenvalue weighted by Crippen LogP contribution is 2.33. The molecule has 1 aromatic carbocycles. The van der Waals surface area contributed by atoms with Gasteiger partial charge < -0.3 is 20.1 Å². The van der Waals surface area contributed by atoms with E-state index in [1.165, 1.54) is 30.5 Å². The van der Waals surface area contributed by atoms with E-state index < -0.39 is 5.54 Å². The van der Waals surface area contributed by atoms with Crippen LogP contribution >= 0.6 is 0 Å². The van der Waals surface area contributed by atoms with Gasteiger partial charge in [-0.05, 0) is 38.2 Å². The fourth-order valence-corrected chi connectivity index (χ4v) is 5.24. The van der Waals surface area contributed by atoms with E-state index in [1.54, 1.807) is 7.11 Å². The second-order valence-electron chi connectivity index (χ2n) is 8.82. The van der Waals surface area contributed by atoms with E-state index in [4.69, 9.17) is 15.2 Å². The van der Waals surface area contributed by atoms with Gasteiger partial charge in [0, 0.05) is 63.1 Å². The van der Waals surface area contributed by atoms with Gasteiger partial charge in [0.2, 0.25) is 5.91 Å². The summed E-state index contributed by atoms with van der Waals surface area (Å²) < 4.78 is 11.2. The monoisotopic (exact) mass is 416 g/mol. The third-order valence-electron chi connectivity index (χ3n) is 7.14. The Bertz CT molecular complexity index is 721. The van der Waals surface area contributed by atoms with Gasteiger partial charge in [0.1, 0.15) is 11.3 Å². The minimum Gasteiger partial charge on any atom is -0.496 e. The van der Waals surface area contributed by atoms with Crippen molar-refractivity contribution in [2.45, 2.75) is 44.2 Å². The maximum atomic E-state index is 12.4. The van der Waals surface area contributed by atoms with Crippen LogP contribution in [0.3, 0.4) is 0 Å². The molecule has 0 saturated carbocycles. The Kier molecular flexibility index (Phi) is 6.80. The molecule has 7 heteroatoms. The molecule has 0 bridgehead atoms. The van der Waals surface area contributed by atoms with E-state index in [9.17, 15) is 4.79 Å². The van der Waals surface area contributed by atoms with Gasteiger partial charge in [0.05, 0.1) is 20.3 Å². The third kappa shape index (κ3) is 4.43. The minimum atomic E-state index is -0.525. The van der Waals surface area contributed by atoms with Gasteiger partial charge in [-0.2, -0.15) is 0 Å². The van der Waals surface area contributed by atoms with Crippen LogP contribution in [0.5, 0.6) is 5.75 Å². The Balaban J connectivity index is 1.41. The van der Waals surface area contributed by atoms with Crippen molar-refractivity contribution in [1.29, 1.82) is 0 Å². The topological polar surface area (TPSA) is 71.3 Å². The number of piperidine rings is 2. The molecule has 3 heterocycles. The number of primary amides is 1. The van der Waals surface area contributed by atoms with E-state index in [-0.39, 0.29) is 5.91 Å². The van der Waals surface area contributed by atoms with Crippen LogP contribution in [0.15, 0.2) is 18.2 Å². The molecule has 1 amide bonds. The molecule has 2 N–H and O–H groups in total. The van der Waals surface area contributed by atoms with Crippen molar-refractivity contribution in [1.82, 2.24) is 9.80 Å². The maximum Gasteiger partial charge on any atom is 0.238 e. The number of nitrogens with two attached hydrogens (primary N) is 1. The molecule has 7 nitrogen and oxygen atoms in total. The zero-order valence-electron chi connectivity index (χ0n) is 18.3. The summed E-state index contributed by atoms with van der Waals surface area (Å²) >= 11 is 0. The highest BCUT2D eigenvalue weighted by molar-refractivity contribution is 5.85. The number of benzene rings is 1. The first-order chi connectivity index (χ1) is 14.6. The van der Waals surface area contributed by atoms with Crippen LogP contribution in [-0.4, -0.2) is 80.8 Å². The molecule has 0 radical (unpaired) electrons. The molecule has 3 saturated heterocycles. The van der Waals surface area contributed by atoms with Crippen LogP contribution in [0.25, 0.3) is 0 Å². The maximum absolute atomic E-state index is 12.4. The molecule has 0 aliphatic carbocycles. The van der Waals surface area contributed by atoms with Crippen LogP contribution in [0.4, 0.5) is 5.69 Å². The Hall–Kier alpha value is -1.83. The highest BCUT2D eigenvalue weighted by Gasteiger charge is 2.45. The second-order valence-corrected chi connectivity index (χ2v) is 8.82. The highest BCUT2D eigenvalue weighted by atomic mass is 16.5. The number of ether oxygens (including phenoxy) is 2. The summed E-state index contributed by atoms with van der Waals surface area (Å²) in [5.74, 6) is 0.769. The van der Waals surface area contributed by atoms with Crippen LogP contribution in [-0.2, 0) is 16.1 Å². The molecule has 3 aliphatic rings. The smallest absolute Gasteiger partial charge is 0.238 e. The van der Waals surface area contributed by atoms with Crippen molar-refractivity contribution in [3.8, 4) is 5.75 Å². The van der Waals surface area contributed by atoms with E-state index in [2.05, 4.69) is 32.9 Å². The lowest BCUT2D eigenvalue weighted by Gasteiger charge is -2.48. The number of methoxy groups -OCH3 is 1. The SMILES string of the molecule is COc1cc(N2CCCCC2)ccc1CN1CCC(C(N)=O)(N2CCOCC2)CC1. The van der Waals surface area contributed by atoms with Crippen molar-refractivity contribution < 1.29 is 14.3 Å². The van der Waals surface area contributed by atoms with E-state index >= 15 is 0 Å². The predicted octanol–water partition coefficient (Wildman–Crippen LogP) is 1.84. The number of hydrogen-bond acceptors (Lipinski definition) is 6. The first-order valence-electron chi connectivity index (χ1n) is 11.4. The van der Waals surface area contributed by atoms with E-state index in [0.29, 0.717) is 13.2 Å². The fourth-order valence-electron chi connectivity index (χ4n) is 5.24. The first-order valence-corrected chi connectivity index (χ1v) is 11.4. The van der Waals surface area contributed by atoms with Crippen molar-refractivity contribution in [3.63, 3.8) is 0 Å². The number of hydrogen-bond donors (Lipinski definition) is 1. The summed E-state index contributed by atoms with van der Waals surface area (Å²) in [6.07, 6.45) is 5.41. The third-order valence-corrected chi connectivity index (χ3v) is 7.14. The number of nitrogens with zero attached hydrogens (tertiary/aromatic N) is 3. The molecule has 4 rings (SSSR count). The Morgan fingerprint density at radius 3 is 2.40 bits per heavy atom. The van der Waals surface area contributed by atoms with Gasteiger partial charge >= 0.3 is 0 Å². The zero-order valence-corrected chi connectivity index (χ0v) is 18.3. The van der Waals surface area contributed by atoms with Crippen molar-refractivity contribution in [2.24, 2.45) is 5.73 Å². The molecular formula is C23H36N4O3. The summed E-state index contributed by atoms with van der Waals surface area (Å²) in [4.78, 5) is 19.6. The number of likely N-dealkylation sites (tertiary alicyclic amines) is 1. The first kappa shape index (κ1) is 21.4. The van der Waals surface area contributed by atoms with Gasteiger partial charge in [-0.1, -0.05) is 6.07 Å². The average Bonchev–Trinajstić information content (AvgIpc) is 2.81. The van der Waals surface area contributed by atoms with Crippen LogP contribution in [0.1, 0.15) is 37.7 Å². The minimum absolute atomic E-state index is 0.187. The summed E-state index contributed by atoms with van der Waals surface area (Å²) in [5, 5.41) is 0. The largest absolute Gasteiger partial charge is 0.496 e. The van der Waals surface area contributed by atoms with E-state index in [0.717, 1.165) is 64.4 Å². The molecular weight excluding hydrogens is 380 g/mol. The predicted molar refractivity (Wildman–Crippen MR) is 118 cm³/mol. The van der Waals surface area contributed by atoms with Gasteiger partial charge in [-0.15, -0.1) is 0 Å². The summed E-state index contributed by atoms with van der Waals surface area (Å²) in [5.41, 5.74) is 7.84. The summed E-state index contributed by atoms with van der Waals surface area (Å²) in [6.45, 7) is 7.74. The van der Waals surface area contributed by atoms with Gasteiger partial charge in [-0.3, -0.25) is 14.6 Å². The molecule has 0 aromatic heterocycles. The standard InChI is InChI=1S/C23H36N4O3/c1-29-21-17-20(26-9-3-2-4-10-26)6-5-19(21)18-25-11-7-23(8-12-25,22(24)28)27-13-15-30-16-14-27/h5-6,17H,2-4,7-16,18H2,1H3,(H2,24,28). The molecule has 30 heavy (non-hydrogen) atoms. The van der Waals surface area contributed by atoms with Gasteiger partial charge in [0.25, 0.3) is 0 Å². The molecule has 166 valence electrons. The number of amides is 1. The number of carbonyl (C=O) groups excluding carboxylic acids is 1. The molecule has 0 unspecified atom stereocenters. The quantitative estimate of drug-likeness (QED) is 0.763. The number of anilines is 1. The summed E-state index contributed by atoms with van der Waals surface area (Å²) in [7, 11) is 1.76. The Labute approximate surface area is 180 Å². The molecule has 3 aliphatic heterocycles. The molecule has 3 fully saturated rings.